The van der Waals surface area contributed by atoms with Crippen molar-refractivity contribution in [2.24, 2.45) is 0 Å². The van der Waals surface area contributed by atoms with Gasteiger partial charge in [-0.25, -0.2) is 14.8 Å². The number of carbonyl (C=O) groups is 1. The van der Waals surface area contributed by atoms with E-state index in [4.69, 9.17) is 10.8 Å². The van der Waals surface area contributed by atoms with Crippen LogP contribution in [-0.4, -0.2) is 26.0 Å². The molecule has 2 aromatic rings. The third-order valence-electron chi connectivity index (χ3n) is 2.69. The molecular formula is C13H9F3N4O2. The summed E-state index contributed by atoms with van der Waals surface area (Å²) >= 11 is 0. The molecule has 0 aliphatic rings. The van der Waals surface area contributed by atoms with Crippen molar-refractivity contribution in [3.8, 4) is 11.4 Å². The fourth-order valence-electron chi connectivity index (χ4n) is 1.67. The molecule has 22 heavy (non-hydrogen) atoms. The van der Waals surface area contributed by atoms with Crippen molar-refractivity contribution in [1.29, 1.82) is 0 Å². The van der Waals surface area contributed by atoms with Gasteiger partial charge in [0.25, 0.3) is 0 Å². The van der Waals surface area contributed by atoms with Crippen LogP contribution in [0, 0.1) is 0 Å². The number of rotatable bonds is 3. The predicted molar refractivity (Wildman–Crippen MR) is 71.7 cm³/mol. The van der Waals surface area contributed by atoms with Gasteiger partial charge < -0.3 is 10.8 Å². The van der Waals surface area contributed by atoms with E-state index in [1.807, 2.05) is 0 Å². The molecule has 0 saturated heterocycles. The second kappa shape index (κ2) is 5.43. The van der Waals surface area contributed by atoms with E-state index < -0.39 is 23.5 Å². The molecule has 0 amide bonds. The maximum absolute atomic E-state index is 12.5. The second-order valence-corrected chi connectivity index (χ2v) is 4.13. The summed E-state index contributed by atoms with van der Waals surface area (Å²) in [5.74, 6) is -1.64. The summed E-state index contributed by atoms with van der Waals surface area (Å²) in [5.41, 5.74) is 4.30. The van der Waals surface area contributed by atoms with Crippen LogP contribution in [0.25, 0.3) is 17.5 Å². The Kier molecular flexibility index (Phi) is 3.81. The molecule has 2 aromatic heterocycles. The predicted octanol–water partition coefficient (Wildman–Crippen LogP) is 2.48. The third-order valence-corrected chi connectivity index (χ3v) is 2.69. The molecule has 9 heteroatoms. The smallest absolute Gasteiger partial charge is 0.433 e. The maximum atomic E-state index is 12.5. The molecule has 0 spiro atoms. The molecule has 0 saturated carbocycles. The van der Waals surface area contributed by atoms with Crippen molar-refractivity contribution in [2.75, 3.05) is 5.73 Å². The Labute approximate surface area is 122 Å². The van der Waals surface area contributed by atoms with Crippen LogP contribution >= 0.6 is 0 Å². The highest BCUT2D eigenvalue weighted by Crippen LogP contribution is 2.29. The normalized spacial score (nSPS) is 11.2. The van der Waals surface area contributed by atoms with Gasteiger partial charge in [0.05, 0.1) is 0 Å². The van der Waals surface area contributed by atoms with Crippen molar-refractivity contribution in [1.82, 2.24) is 15.0 Å². The number of nitrogen functional groups attached to an aromatic ring is 1. The summed E-state index contributed by atoms with van der Waals surface area (Å²) in [6.07, 6.45) is -2.48. The van der Waals surface area contributed by atoms with Crippen molar-refractivity contribution in [2.45, 2.75) is 6.18 Å². The highest BCUT2D eigenvalue weighted by molar-refractivity contribution is 5.92. The van der Waals surface area contributed by atoms with E-state index in [0.29, 0.717) is 0 Å². The minimum atomic E-state index is -4.57. The van der Waals surface area contributed by atoms with Crippen molar-refractivity contribution < 1.29 is 23.1 Å². The number of hydrogen-bond donors (Lipinski definition) is 2. The number of nitrogens with two attached hydrogens (primary N) is 1. The van der Waals surface area contributed by atoms with Crippen LogP contribution in [0.1, 0.15) is 21.7 Å². The van der Waals surface area contributed by atoms with Crippen LogP contribution in [0.5, 0.6) is 0 Å². The zero-order valence-electron chi connectivity index (χ0n) is 10.9. The lowest BCUT2D eigenvalue weighted by molar-refractivity contribution is -0.141. The molecule has 6 nitrogen and oxygen atoms in total. The van der Waals surface area contributed by atoms with Crippen LogP contribution in [0.15, 0.2) is 24.9 Å². The number of hydrogen-bond acceptors (Lipinski definition) is 5. The number of carboxylic acids is 1. The lowest BCUT2D eigenvalue weighted by atomic mass is 10.1. The fourth-order valence-corrected chi connectivity index (χ4v) is 1.67. The largest absolute Gasteiger partial charge is 0.476 e. The van der Waals surface area contributed by atoms with Crippen molar-refractivity contribution in [3.63, 3.8) is 0 Å². The van der Waals surface area contributed by atoms with Gasteiger partial charge in [-0.3, -0.25) is 4.98 Å². The Morgan fingerprint density at radius 2 is 2.00 bits per heavy atom. The Hall–Kier alpha value is -2.97. The second-order valence-electron chi connectivity index (χ2n) is 4.13. The SMILES string of the molecule is C=Cc1c(N)nc(-c2ccc(C(F)(F)F)nc2)nc1C(=O)O. The summed E-state index contributed by atoms with van der Waals surface area (Å²) in [6.45, 7) is 3.42. The van der Waals surface area contributed by atoms with E-state index in [-0.39, 0.29) is 22.8 Å². The summed E-state index contributed by atoms with van der Waals surface area (Å²) in [6, 6.07) is 1.83. The molecule has 0 unspecified atom stereocenters. The van der Waals surface area contributed by atoms with E-state index in [1.165, 1.54) is 6.08 Å². The quantitative estimate of drug-likeness (QED) is 0.903. The molecule has 0 aliphatic heterocycles. The minimum Gasteiger partial charge on any atom is -0.476 e. The third kappa shape index (κ3) is 2.87. The van der Waals surface area contributed by atoms with Gasteiger partial charge in [0.1, 0.15) is 11.5 Å². The molecule has 0 radical (unpaired) electrons. The van der Waals surface area contributed by atoms with Gasteiger partial charge in [-0.15, -0.1) is 0 Å². The Balaban J connectivity index is 2.54. The molecule has 3 N–H and O–H groups in total. The first-order chi connectivity index (χ1) is 10.2. The van der Waals surface area contributed by atoms with E-state index in [0.717, 1.165) is 18.3 Å². The first-order valence-corrected chi connectivity index (χ1v) is 5.81. The number of aromatic carboxylic acids is 1. The van der Waals surface area contributed by atoms with Crippen LogP contribution in [0.2, 0.25) is 0 Å². The van der Waals surface area contributed by atoms with Gasteiger partial charge in [0.15, 0.2) is 11.5 Å². The molecular weight excluding hydrogens is 301 g/mol. The monoisotopic (exact) mass is 310 g/mol. The Bertz CT molecular complexity index is 742. The van der Waals surface area contributed by atoms with Gasteiger partial charge in [-0.2, -0.15) is 13.2 Å². The Morgan fingerprint density at radius 1 is 1.32 bits per heavy atom. The van der Waals surface area contributed by atoms with Gasteiger partial charge in [-0.05, 0) is 12.1 Å². The molecule has 0 aliphatic carbocycles. The van der Waals surface area contributed by atoms with Crippen LogP contribution in [0.4, 0.5) is 19.0 Å². The Morgan fingerprint density at radius 3 is 2.45 bits per heavy atom. The molecule has 0 bridgehead atoms. The summed E-state index contributed by atoms with van der Waals surface area (Å²) < 4.78 is 37.4. The van der Waals surface area contributed by atoms with Crippen molar-refractivity contribution in [3.05, 3.63) is 41.9 Å². The summed E-state index contributed by atoms with van der Waals surface area (Å²) in [4.78, 5) is 22.0. The molecule has 2 heterocycles. The van der Waals surface area contributed by atoms with Crippen LogP contribution < -0.4 is 5.73 Å². The zero-order chi connectivity index (χ0) is 16.5. The maximum Gasteiger partial charge on any atom is 0.433 e. The van der Waals surface area contributed by atoms with Gasteiger partial charge >= 0.3 is 12.1 Å². The topological polar surface area (TPSA) is 102 Å². The van der Waals surface area contributed by atoms with E-state index in [1.54, 1.807) is 0 Å². The fraction of sp³-hybridized carbons (Fsp3) is 0.0769. The molecule has 0 atom stereocenters. The van der Waals surface area contributed by atoms with Crippen molar-refractivity contribution >= 4 is 17.9 Å². The summed E-state index contributed by atoms with van der Waals surface area (Å²) in [7, 11) is 0. The molecule has 114 valence electrons. The molecule has 0 fully saturated rings. The number of carboxylic acid groups (broad SMARTS) is 1. The van der Waals surface area contributed by atoms with Crippen LogP contribution in [-0.2, 0) is 6.18 Å². The van der Waals surface area contributed by atoms with E-state index in [9.17, 15) is 18.0 Å². The van der Waals surface area contributed by atoms with E-state index >= 15 is 0 Å². The summed E-state index contributed by atoms with van der Waals surface area (Å²) in [5, 5.41) is 9.09. The lowest BCUT2D eigenvalue weighted by Crippen LogP contribution is -2.10. The minimum absolute atomic E-state index is 0.0381. The van der Waals surface area contributed by atoms with Crippen LogP contribution in [0.3, 0.4) is 0 Å². The zero-order valence-corrected chi connectivity index (χ0v) is 10.9. The average molecular weight is 310 g/mol. The first-order valence-electron chi connectivity index (χ1n) is 5.81. The molecule has 2 rings (SSSR count). The van der Waals surface area contributed by atoms with Gasteiger partial charge in [0.2, 0.25) is 0 Å². The number of anilines is 1. The average Bonchev–Trinajstić information content (AvgIpc) is 2.45. The number of pyridine rings is 1. The number of halogens is 3. The first kappa shape index (κ1) is 15.4. The number of alkyl halides is 3. The lowest BCUT2D eigenvalue weighted by Gasteiger charge is -2.09. The van der Waals surface area contributed by atoms with Gasteiger partial charge in [-0.1, -0.05) is 12.7 Å². The molecule has 0 aromatic carbocycles. The standard InChI is InChI=1S/C13H9F3N4O2/c1-2-7-9(12(21)22)19-11(20-10(7)17)6-3-4-8(18-5-6)13(14,15)16/h2-5H,1H2,(H,21,22)(H2,17,19,20). The highest BCUT2D eigenvalue weighted by Gasteiger charge is 2.32. The highest BCUT2D eigenvalue weighted by atomic mass is 19.4. The number of aromatic nitrogens is 3. The number of nitrogens with zero attached hydrogens (tertiary/aromatic N) is 3. The van der Waals surface area contributed by atoms with Gasteiger partial charge in [0, 0.05) is 17.3 Å². The van der Waals surface area contributed by atoms with E-state index in [2.05, 4.69) is 21.5 Å².